The van der Waals surface area contributed by atoms with Crippen LogP contribution in [0.1, 0.15) is 22.3 Å². The highest BCUT2D eigenvalue weighted by Crippen LogP contribution is 2.23. The fourth-order valence-corrected chi connectivity index (χ4v) is 1.94. The van der Waals surface area contributed by atoms with Gasteiger partial charge in [-0.05, 0) is 48.2 Å². The highest BCUT2D eigenvalue weighted by Gasteiger charge is 2.11. The Morgan fingerprint density at radius 2 is 1.44 bits per heavy atom. The van der Waals surface area contributed by atoms with Crippen LogP contribution in [0, 0.1) is 11.8 Å². The summed E-state index contributed by atoms with van der Waals surface area (Å²) in [4.78, 5) is 0. The standard InChI is InChI=1S/C16H12/c1-2-4-13(5-3-1)6-7-14-8-9-15-10-11-16(15)12-14/h1-5,8-9,12H,10-11H2. The zero-order valence-electron chi connectivity index (χ0n) is 9.03. The Morgan fingerprint density at radius 1 is 0.688 bits per heavy atom. The summed E-state index contributed by atoms with van der Waals surface area (Å²) in [5.74, 6) is 6.39. The molecule has 16 heavy (non-hydrogen) atoms. The number of benzene rings is 2. The Balaban J connectivity index is 1.89. The van der Waals surface area contributed by atoms with Gasteiger partial charge in [0.25, 0.3) is 0 Å². The van der Waals surface area contributed by atoms with Crippen LogP contribution >= 0.6 is 0 Å². The Bertz CT molecular complexity index is 568. The van der Waals surface area contributed by atoms with E-state index in [-0.39, 0.29) is 0 Å². The fraction of sp³-hybridized carbons (Fsp3) is 0.125. The van der Waals surface area contributed by atoms with Crippen molar-refractivity contribution in [2.75, 3.05) is 0 Å². The first kappa shape index (κ1) is 9.24. The zero-order valence-corrected chi connectivity index (χ0v) is 9.03. The van der Waals surface area contributed by atoms with Crippen molar-refractivity contribution >= 4 is 0 Å². The molecule has 0 aliphatic heterocycles. The highest BCUT2D eigenvalue weighted by atomic mass is 14.2. The maximum atomic E-state index is 3.21. The lowest BCUT2D eigenvalue weighted by Gasteiger charge is -2.17. The molecular weight excluding hydrogens is 192 g/mol. The van der Waals surface area contributed by atoms with Crippen molar-refractivity contribution in [1.82, 2.24) is 0 Å². The first-order chi connectivity index (χ1) is 7.92. The third kappa shape index (κ3) is 1.73. The van der Waals surface area contributed by atoms with Gasteiger partial charge in [0, 0.05) is 11.1 Å². The summed E-state index contributed by atoms with van der Waals surface area (Å²) in [6, 6.07) is 16.7. The quantitative estimate of drug-likeness (QED) is 0.578. The van der Waals surface area contributed by atoms with Gasteiger partial charge in [0.2, 0.25) is 0 Å². The second-order valence-corrected chi connectivity index (χ2v) is 4.10. The fourth-order valence-electron chi connectivity index (χ4n) is 1.94. The summed E-state index contributed by atoms with van der Waals surface area (Å²) in [6.45, 7) is 0. The molecule has 1 aliphatic rings. The van der Waals surface area contributed by atoms with Crippen LogP contribution in [-0.4, -0.2) is 0 Å². The van der Waals surface area contributed by atoms with E-state index in [1.54, 1.807) is 0 Å². The molecule has 0 amide bonds. The van der Waals surface area contributed by atoms with E-state index < -0.39 is 0 Å². The van der Waals surface area contributed by atoms with Gasteiger partial charge in [0.1, 0.15) is 0 Å². The van der Waals surface area contributed by atoms with Crippen molar-refractivity contribution in [3.8, 4) is 11.8 Å². The van der Waals surface area contributed by atoms with Crippen LogP contribution in [0.25, 0.3) is 0 Å². The zero-order chi connectivity index (χ0) is 10.8. The van der Waals surface area contributed by atoms with Crippen molar-refractivity contribution < 1.29 is 0 Å². The number of rotatable bonds is 0. The van der Waals surface area contributed by atoms with Gasteiger partial charge in [-0.15, -0.1) is 0 Å². The number of aryl methyl sites for hydroxylation is 2. The molecule has 0 fully saturated rings. The van der Waals surface area contributed by atoms with Crippen LogP contribution in [0.4, 0.5) is 0 Å². The Kier molecular flexibility index (Phi) is 2.23. The molecule has 0 bridgehead atoms. The molecule has 0 atom stereocenters. The van der Waals surface area contributed by atoms with Crippen molar-refractivity contribution in [3.05, 3.63) is 70.8 Å². The van der Waals surface area contributed by atoms with Crippen LogP contribution in [-0.2, 0) is 12.8 Å². The van der Waals surface area contributed by atoms with Gasteiger partial charge in [0.15, 0.2) is 0 Å². The van der Waals surface area contributed by atoms with E-state index in [2.05, 4.69) is 30.0 Å². The molecular formula is C16H12. The van der Waals surface area contributed by atoms with E-state index >= 15 is 0 Å². The molecule has 76 valence electrons. The summed E-state index contributed by atoms with van der Waals surface area (Å²) in [6.07, 6.45) is 2.46. The second kappa shape index (κ2) is 3.87. The molecule has 1 aliphatic carbocycles. The second-order valence-electron chi connectivity index (χ2n) is 4.10. The van der Waals surface area contributed by atoms with Gasteiger partial charge < -0.3 is 0 Å². The van der Waals surface area contributed by atoms with E-state index in [9.17, 15) is 0 Å². The molecule has 0 aromatic heterocycles. The minimum atomic E-state index is 1.07. The van der Waals surface area contributed by atoms with E-state index in [0.29, 0.717) is 0 Å². The van der Waals surface area contributed by atoms with Gasteiger partial charge in [-0.1, -0.05) is 36.1 Å². The average Bonchev–Trinajstić information content (AvgIpc) is 2.31. The molecule has 2 aromatic carbocycles. The maximum Gasteiger partial charge on any atom is 0.0251 e. The minimum Gasteiger partial charge on any atom is -0.0622 e. The van der Waals surface area contributed by atoms with Gasteiger partial charge in [-0.2, -0.15) is 0 Å². The van der Waals surface area contributed by atoms with E-state index in [1.807, 2.05) is 30.3 Å². The predicted molar refractivity (Wildman–Crippen MR) is 66.3 cm³/mol. The minimum absolute atomic E-state index is 1.07. The van der Waals surface area contributed by atoms with Crippen LogP contribution < -0.4 is 0 Å². The monoisotopic (exact) mass is 204 g/mol. The molecule has 2 aromatic rings. The summed E-state index contributed by atoms with van der Waals surface area (Å²) in [5, 5.41) is 0. The van der Waals surface area contributed by atoms with Crippen LogP contribution in [0.2, 0.25) is 0 Å². The molecule has 0 nitrogen and oxygen atoms in total. The molecule has 0 spiro atoms. The molecule has 3 rings (SSSR count). The van der Waals surface area contributed by atoms with E-state index in [0.717, 1.165) is 11.1 Å². The Morgan fingerprint density at radius 3 is 2.12 bits per heavy atom. The Hall–Kier alpha value is -2.00. The van der Waals surface area contributed by atoms with Gasteiger partial charge in [-0.3, -0.25) is 0 Å². The Labute approximate surface area is 95.9 Å². The van der Waals surface area contributed by atoms with Crippen molar-refractivity contribution in [3.63, 3.8) is 0 Å². The molecule has 0 N–H and O–H groups in total. The highest BCUT2D eigenvalue weighted by molar-refractivity contribution is 5.47. The van der Waals surface area contributed by atoms with Crippen LogP contribution in [0.3, 0.4) is 0 Å². The number of fused-ring (bicyclic) bond motifs is 1. The molecule has 0 heterocycles. The normalized spacial score (nSPS) is 12.0. The molecule has 0 unspecified atom stereocenters. The predicted octanol–water partition coefficient (Wildman–Crippen LogP) is 3.19. The van der Waals surface area contributed by atoms with Gasteiger partial charge in [-0.25, -0.2) is 0 Å². The van der Waals surface area contributed by atoms with Crippen molar-refractivity contribution in [1.29, 1.82) is 0 Å². The van der Waals surface area contributed by atoms with E-state index in [4.69, 9.17) is 0 Å². The SMILES string of the molecule is C(#Cc1ccc2c(c1)CC2)c1ccccc1. The third-order valence-corrected chi connectivity index (χ3v) is 2.99. The molecule has 0 heteroatoms. The van der Waals surface area contributed by atoms with Crippen LogP contribution in [0.5, 0.6) is 0 Å². The van der Waals surface area contributed by atoms with Crippen molar-refractivity contribution in [2.45, 2.75) is 12.8 Å². The van der Waals surface area contributed by atoms with Gasteiger partial charge >= 0.3 is 0 Å². The first-order valence-corrected chi connectivity index (χ1v) is 5.61. The maximum absolute atomic E-state index is 3.21. The largest absolute Gasteiger partial charge is 0.0622 e. The lowest BCUT2D eigenvalue weighted by atomic mass is 9.87. The lowest BCUT2D eigenvalue weighted by molar-refractivity contribution is 0.839. The average molecular weight is 204 g/mol. The van der Waals surface area contributed by atoms with Crippen LogP contribution in [0.15, 0.2) is 48.5 Å². The smallest absolute Gasteiger partial charge is 0.0251 e. The summed E-state index contributed by atoms with van der Waals surface area (Å²) >= 11 is 0. The number of hydrogen-bond acceptors (Lipinski definition) is 0. The third-order valence-electron chi connectivity index (χ3n) is 2.99. The molecule has 0 saturated heterocycles. The van der Waals surface area contributed by atoms with Crippen molar-refractivity contribution in [2.24, 2.45) is 0 Å². The van der Waals surface area contributed by atoms with E-state index in [1.165, 1.54) is 24.0 Å². The summed E-state index contributed by atoms with van der Waals surface area (Å²) in [7, 11) is 0. The molecule has 0 radical (unpaired) electrons. The topological polar surface area (TPSA) is 0 Å². The summed E-state index contributed by atoms with van der Waals surface area (Å²) < 4.78 is 0. The molecule has 0 saturated carbocycles. The first-order valence-electron chi connectivity index (χ1n) is 5.61. The number of hydrogen-bond donors (Lipinski definition) is 0. The summed E-state index contributed by atoms with van der Waals surface area (Å²) in [5.41, 5.74) is 5.16. The van der Waals surface area contributed by atoms with Gasteiger partial charge in [0.05, 0.1) is 0 Å². The lowest BCUT2D eigenvalue weighted by Crippen LogP contribution is -2.07.